The lowest BCUT2D eigenvalue weighted by Gasteiger charge is -2.22. The average molecular weight is 408 g/mol. The summed E-state index contributed by atoms with van der Waals surface area (Å²) in [5, 5.41) is 3.08. The molecule has 0 aliphatic carbocycles. The van der Waals surface area contributed by atoms with Gasteiger partial charge in [0.15, 0.2) is 0 Å². The molecule has 0 aliphatic heterocycles. The highest BCUT2D eigenvalue weighted by Crippen LogP contribution is 2.27. The molecule has 2 amide bonds. The number of nitrogens with two attached hydrogens (primary N) is 2. The van der Waals surface area contributed by atoms with Crippen LogP contribution in [0.1, 0.15) is 21.5 Å². The molecule has 1 heterocycles. The van der Waals surface area contributed by atoms with Crippen molar-refractivity contribution >= 4 is 35.0 Å². The molecule has 3 aromatic rings. The van der Waals surface area contributed by atoms with Crippen LogP contribution in [0.3, 0.4) is 0 Å². The molecule has 0 fully saturated rings. The third-order valence-electron chi connectivity index (χ3n) is 4.20. The lowest BCUT2D eigenvalue weighted by molar-refractivity contribution is -0.116. The van der Waals surface area contributed by atoms with Gasteiger partial charge in [0.25, 0.3) is 5.91 Å². The van der Waals surface area contributed by atoms with Crippen LogP contribution in [-0.4, -0.2) is 28.3 Å². The first kappa shape index (κ1) is 20.7. The second kappa shape index (κ2) is 8.56. The van der Waals surface area contributed by atoms with Crippen LogP contribution in [0.15, 0.2) is 48.7 Å². The number of carbonyl (C=O) groups is 2. The van der Waals surface area contributed by atoms with Gasteiger partial charge in [-0.25, -0.2) is 9.37 Å². The highest BCUT2D eigenvalue weighted by Gasteiger charge is 2.19. The zero-order chi connectivity index (χ0) is 21.8. The zero-order valence-corrected chi connectivity index (χ0v) is 16.5. The molecule has 154 valence electrons. The number of nitrogens with zero attached hydrogens (tertiary/aromatic N) is 3. The molecule has 0 unspecified atom stereocenters. The second-order valence-electron chi connectivity index (χ2n) is 6.83. The highest BCUT2D eigenvalue weighted by molar-refractivity contribution is 5.98. The molecule has 5 N–H and O–H groups in total. The number of nitrogens with one attached hydrogen (secondary N) is 1. The number of benzene rings is 2. The van der Waals surface area contributed by atoms with Gasteiger partial charge in [0, 0.05) is 17.6 Å². The molecule has 30 heavy (non-hydrogen) atoms. The summed E-state index contributed by atoms with van der Waals surface area (Å²) < 4.78 is 13.7. The Hall–Kier alpha value is -4.01. The maximum Gasteiger partial charge on any atom is 0.254 e. The van der Waals surface area contributed by atoms with E-state index < -0.39 is 17.6 Å². The topological polar surface area (TPSA) is 127 Å². The van der Waals surface area contributed by atoms with E-state index in [4.69, 9.17) is 11.5 Å². The van der Waals surface area contributed by atoms with E-state index in [1.807, 2.05) is 32.0 Å². The van der Waals surface area contributed by atoms with E-state index in [1.165, 1.54) is 29.3 Å². The fourth-order valence-corrected chi connectivity index (χ4v) is 3.04. The Balaban J connectivity index is 2.08. The van der Waals surface area contributed by atoms with Gasteiger partial charge in [0.05, 0.1) is 0 Å². The summed E-state index contributed by atoms with van der Waals surface area (Å²) in [7, 11) is 0. The van der Waals surface area contributed by atoms with E-state index >= 15 is 0 Å². The lowest BCUT2D eigenvalue weighted by Crippen LogP contribution is -2.32. The van der Waals surface area contributed by atoms with Crippen molar-refractivity contribution in [2.24, 2.45) is 11.5 Å². The third kappa shape index (κ3) is 4.88. The maximum atomic E-state index is 13.7. The Labute approximate surface area is 172 Å². The first-order chi connectivity index (χ1) is 14.2. The number of halogens is 1. The molecule has 0 saturated heterocycles. The van der Waals surface area contributed by atoms with Gasteiger partial charge in [0.1, 0.15) is 23.7 Å². The minimum Gasteiger partial charge on any atom is -0.368 e. The highest BCUT2D eigenvalue weighted by atomic mass is 19.1. The third-order valence-corrected chi connectivity index (χ3v) is 4.20. The summed E-state index contributed by atoms with van der Waals surface area (Å²) >= 11 is 0. The van der Waals surface area contributed by atoms with Crippen molar-refractivity contribution in [2.45, 2.75) is 13.8 Å². The van der Waals surface area contributed by atoms with E-state index in [9.17, 15) is 14.0 Å². The van der Waals surface area contributed by atoms with Crippen molar-refractivity contribution in [3.8, 4) is 0 Å². The van der Waals surface area contributed by atoms with Gasteiger partial charge in [-0.3, -0.25) is 9.59 Å². The number of aryl methyl sites for hydroxylation is 2. The summed E-state index contributed by atoms with van der Waals surface area (Å²) in [5.74, 6) is -1.67. The maximum absolute atomic E-state index is 13.7. The Morgan fingerprint density at radius 2 is 1.80 bits per heavy atom. The van der Waals surface area contributed by atoms with E-state index in [0.29, 0.717) is 11.4 Å². The minimum atomic E-state index is -0.722. The lowest BCUT2D eigenvalue weighted by atomic mass is 10.1. The summed E-state index contributed by atoms with van der Waals surface area (Å²) in [4.78, 5) is 33.4. The predicted molar refractivity (Wildman–Crippen MR) is 112 cm³/mol. The molecule has 8 nitrogen and oxygen atoms in total. The number of amides is 2. The first-order valence-corrected chi connectivity index (χ1v) is 9.06. The van der Waals surface area contributed by atoms with E-state index in [1.54, 1.807) is 6.07 Å². The number of hydrogen-bond acceptors (Lipinski definition) is 6. The fourth-order valence-electron chi connectivity index (χ4n) is 3.04. The van der Waals surface area contributed by atoms with Gasteiger partial charge in [-0.1, -0.05) is 12.1 Å². The standard InChI is InChI=1S/C21H21FN6O2/c1-12-6-13(2)8-15(7-12)26-20-17(19(24)30)10-25-21(27-20)28(11-18(23)29)16-5-3-4-14(22)9-16/h3-10H,11H2,1-2H3,(H2,23,29)(H2,24,30)(H,25,26,27). The summed E-state index contributed by atoms with van der Waals surface area (Å²) in [6.07, 6.45) is 1.25. The number of carbonyl (C=O) groups excluding carboxylic acids is 2. The van der Waals surface area contributed by atoms with E-state index in [-0.39, 0.29) is 23.9 Å². The van der Waals surface area contributed by atoms with Crippen LogP contribution in [0.5, 0.6) is 0 Å². The smallest absolute Gasteiger partial charge is 0.254 e. The SMILES string of the molecule is Cc1cc(C)cc(Nc2nc(N(CC(N)=O)c3cccc(F)c3)ncc2C(N)=O)c1. The van der Waals surface area contributed by atoms with E-state index in [0.717, 1.165) is 11.1 Å². The molecule has 0 atom stereocenters. The normalized spacial score (nSPS) is 10.5. The molecular weight excluding hydrogens is 387 g/mol. The van der Waals surface area contributed by atoms with Crippen LogP contribution in [0, 0.1) is 19.7 Å². The largest absolute Gasteiger partial charge is 0.368 e. The van der Waals surface area contributed by atoms with Crippen LogP contribution in [0.2, 0.25) is 0 Å². The first-order valence-electron chi connectivity index (χ1n) is 9.06. The van der Waals surface area contributed by atoms with Gasteiger partial charge in [-0.2, -0.15) is 4.98 Å². The van der Waals surface area contributed by atoms with Crippen molar-refractivity contribution in [3.05, 3.63) is 71.2 Å². The Bertz CT molecular complexity index is 1100. The molecule has 0 spiro atoms. The molecule has 2 aromatic carbocycles. The quantitative estimate of drug-likeness (QED) is 0.552. The Kier molecular flexibility index (Phi) is 5.91. The van der Waals surface area contributed by atoms with Gasteiger partial charge in [0.2, 0.25) is 11.9 Å². The molecule has 0 aliphatic rings. The van der Waals surface area contributed by atoms with E-state index in [2.05, 4.69) is 15.3 Å². The van der Waals surface area contributed by atoms with Gasteiger partial charge >= 0.3 is 0 Å². The summed E-state index contributed by atoms with van der Waals surface area (Å²) in [6, 6.07) is 11.4. The summed E-state index contributed by atoms with van der Waals surface area (Å²) in [5.41, 5.74) is 14.0. The number of rotatable bonds is 7. The monoisotopic (exact) mass is 408 g/mol. The van der Waals surface area contributed by atoms with Crippen LogP contribution in [0.4, 0.5) is 27.5 Å². The number of hydrogen-bond donors (Lipinski definition) is 3. The molecule has 9 heteroatoms. The number of aromatic nitrogens is 2. The average Bonchev–Trinajstić information content (AvgIpc) is 2.65. The molecule has 0 saturated carbocycles. The van der Waals surface area contributed by atoms with Gasteiger partial charge in [-0.05, 0) is 55.3 Å². The van der Waals surface area contributed by atoms with Crippen molar-refractivity contribution in [3.63, 3.8) is 0 Å². The van der Waals surface area contributed by atoms with Crippen molar-refractivity contribution < 1.29 is 14.0 Å². The van der Waals surface area contributed by atoms with Crippen molar-refractivity contribution in [1.82, 2.24) is 9.97 Å². The van der Waals surface area contributed by atoms with Crippen molar-refractivity contribution in [1.29, 1.82) is 0 Å². The van der Waals surface area contributed by atoms with Crippen LogP contribution in [-0.2, 0) is 4.79 Å². The number of primary amides is 2. The fraction of sp³-hybridized carbons (Fsp3) is 0.143. The van der Waals surface area contributed by atoms with Gasteiger partial charge in [-0.15, -0.1) is 0 Å². The van der Waals surface area contributed by atoms with Gasteiger partial charge < -0.3 is 21.7 Å². The predicted octanol–water partition coefficient (Wildman–Crippen LogP) is 2.70. The molecule has 0 bridgehead atoms. The second-order valence-corrected chi connectivity index (χ2v) is 6.83. The van der Waals surface area contributed by atoms with Crippen molar-refractivity contribution in [2.75, 3.05) is 16.8 Å². The molecule has 0 radical (unpaired) electrons. The number of anilines is 4. The Morgan fingerprint density at radius 1 is 1.10 bits per heavy atom. The zero-order valence-electron chi connectivity index (χ0n) is 16.5. The molecular formula is C21H21FN6O2. The molecule has 1 aromatic heterocycles. The molecule has 3 rings (SSSR count). The minimum absolute atomic E-state index is 0.0521. The Morgan fingerprint density at radius 3 is 2.40 bits per heavy atom. The summed E-state index contributed by atoms with van der Waals surface area (Å²) in [6.45, 7) is 3.59. The van der Waals surface area contributed by atoms with Crippen LogP contribution < -0.4 is 21.7 Å². The van der Waals surface area contributed by atoms with Crippen LogP contribution in [0.25, 0.3) is 0 Å². The van der Waals surface area contributed by atoms with Crippen LogP contribution >= 0.6 is 0 Å².